The predicted molar refractivity (Wildman–Crippen MR) is 275 cm³/mol. The number of nitrogens with one attached hydrogen (secondary N) is 1. The Hall–Kier alpha value is -5.61. The fraction of sp³-hybridized carbons (Fsp3) is 0.518. The summed E-state index contributed by atoms with van der Waals surface area (Å²) in [5.74, 6) is -1.89. The number of β-amino-alcohol motifs (C(OH)–C–C–N with tert-alkyl or cyclic N) is 1. The van der Waals surface area contributed by atoms with E-state index >= 15 is 0 Å². The Balaban J connectivity index is 0.867. The number of unbranched alkanes of at least 4 members (excludes halogenated alkanes) is 1. The van der Waals surface area contributed by atoms with E-state index in [1.54, 1.807) is 16.2 Å². The second-order valence-corrected chi connectivity index (χ2v) is 22.1. The molecule has 380 valence electrons. The van der Waals surface area contributed by atoms with Crippen LogP contribution in [-0.2, 0) is 59.4 Å². The summed E-state index contributed by atoms with van der Waals surface area (Å²) in [5, 5.41) is 13.7. The maximum atomic E-state index is 14.2. The minimum absolute atomic E-state index is 0.0354. The Morgan fingerprint density at radius 2 is 1.61 bits per heavy atom. The molecule has 15 heteroatoms. The quantitative estimate of drug-likeness (QED) is 0.0588. The summed E-state index contributed by atoms with van der Waals surface area (Å²) in [5.41, 5.74) is 20.9. The third-order valence-corrected chi connectivity index (χ3v) is 15.7. The number of para-hydroxylation sites is 1. The lowest BCUT2D eigenvalue weighted by Crippen LogP contribution is -2.56. The van der Waals surface area contributed by atoms with Gasteiger partial charge in [-0.25, -0.2) is 4.98 Å². The maximum Gasteiger partial charge on any atom is 0.246 e. The number of aliphatic hydroxyl groups excluding tert-OH is 1. The van der Waals surface area contributed by atoms with Crippen LogP contribution < -0.4 is 21.7 Å². The first-order valence-electron chi connectivity index (χ1n) is 25.3. The standard InChI is InChI=1S/C56H72N6O8S/c1-33(38-18-20-40(21-19-38)52-34(2)59-32-71-52)26-47(64)45-29-43(63)30-61(45)55(69)53(56(4,5)6)60-50(67)13-8-7-10-36-14-16-37(17-15-36)31-70-35(3)41(23-25-49(58)66)28-48(65)46-27-42-12-9-11-39-22-24-44(57)54(68)62(46)51(39)42/h9,11-12,14-21,32-33,35,41,43-46,53,63H,7-8,10,13,22-31,57H2,1-6H3,(H2,58,66)(H,60,67)/t33-,35-,41-,43-,44+,45+,46+,53-/m1/s1. The molecule has 0 spiro atoms. The molecule has 4 heterocycles. The molecular weight excluding hydrogens is 917 g/mol. The molecule has 3 aliphatic rings. The SMILES string of the molecule is Cc1ncsc1-c1ccc([C@H](C)CC(=O)[C@@H]2C[C@@H](O)CN2C(=O)[C@@H](NC(=O)CCCCc2ccc(CO[C@H](C)[C@H](CCC(N)=O)CC(=O)[C@@H]3Cc4cccc5c4N3C(=O)[C@@H](N)CC5)cc2)C(C)(C)C)cc1. The van der Waals surface area contributed by atoms with Crippen LogP contribution in [-0.4, -0.2) is 93.1 Å². The highest BCUT2D eigenvalue weighted by molar-refractivity contribution is 7.13. The summed E-state index contributed by atoms with van der Waals surface area (Å²) < 4.78 is 6.32. The number of rotatable bonds is 22. The van der Waals surface area contributed by atoms with Crippen molar-refractivity contribution in [3.63, 3.8) is 0 Å². The molecule has 1 saturated heterocycles. The van der Waals surface area contributed by atoms with Crippen molar-refractivity contribution in [2.45, 2.75) is 167 Å². The molecule has 0 unspecified atom stereocenters. The van der Waals surface area contributed by atoms with Crippen LogP contribution in [0.1, 0.15) is 132 Å². The number of primary amides is 1. The molecule has 4 amide bonds. The second kappa shape index (κ2) is 23.3. The van der Waals surface area contributed by atoms with Crippen molar-refractivity contribution in [2.75, 3.05) is 11.4 Å². The number of aromatic nitrogens is 1. The highest BCUT2D eigenvalue weighted by atomic mass is 32.1. The zero-order chi connectivity index (χ0) is 51.1. The summed E-state index contributed by atoms with van der Waals surface area (Å²) in [4.78, 5) is 89.4. The Morgan fingerprint density at radius 1 is 0.915 bits per heavy atom. The van der Waals surface area contributed by atoms with Crippen LogP contribution in [0.2, 0.25) is 0 Å². The highest BCUT2D eigenvalue weighted by Gasteiger charge is 2.45. The number of aryl methyl sites for hydroxylation is 3. The number of likely N-dealkylation sites (tertiary alicyclic amines) is 1. The molecule has 1 fully saturated rings. The number of hydrogen-bond acceptors (Lipinski definition) is 11. The van der Waals surface area contributed by atoms with E-state index in [1.165, 1.54) is 4.90 Å². The van der Waals surface area contributed by atoms with Gasteiger partial charge in [-0.2, -0.15) is 0 Å². The number of amides is 4. The first-order chi connectivity index (χ1) is 33.8. The molecule has 6 N–H and O–H groups in total. The van der Waals surface area contributed by atoms with Gasteiger partial charge in [0.05, 0.1) is 58.7 Å². The summed E-state index contributed by atoms with van der Waals surface area (Å²) in [6.07, 6.45) is 3.71. The maximum absolute atomic E-state index is 14.2. The fourth-order valence-electron chi connectivity index (χ4n) is 10.4. The number of Topliss-reactive ketones (excluding diaryl/α,β-unsaturated/α-hetero) is 2. The average Bonchev–Trinajstić information content (AvgIpc) is 4.05. The van der Waals surface area contributed by atoms with E-state index in [4.69, 9.17) is 16.2 Å². The van der Waals surface area contributed by atoms with Gasteiger partial charge in [0.2, 0.25) is 23.6 Å². The number of hydrogen-bond donors (Lipinski definition) is 4. The van der Waals surface area contributed by atoms with Crippen LogP contribution >= 0.6 is 11.3 Å². The van der Waals surface area contributed by atoms with Gasteiger partial charge in [0.1, 0.15) is 6.04 Å². The molecule has 3 aromatic carbocycles. The minimum atomic E-state index is -0.884. The van der Waals surface area contributed by atoms with E-state index in [0.717, 1.165) is 62.5 Å². The molecule has 71 heavy (non-hydrogen) atoms. The van der Waals surface area contributed by atoms with Crippen LogP contribution in [0.4, 0.5) is 5.69 Å². The van der Waals surface area contributed by atoms with E-state index in [-0.39, 0.29) is 85.9 Å². The number of nitrogens with zero attached hydrogens (tertiary/aromatic N) is 3. The average molecular weight is 989 g/mol. The Labute approximate surface area is 422 Å². The van der Waals surface area contributed by atoms with Crippen molar-refractivity contribution >= 4 is 52.2 Å². The summed E-state index contributed by atoms with van der Waals surface area (Å²) in [6, 6.07) is 19.1. The van der Waals surface area contributed by atoms with Gasteiger partial charge in [-0.15, -0.1) is 11.3 Å². The van der Waals surface area contributed by atoms with Crippen LogP contribution in [0.5, 0.6) is 0 Å². The number of aliphatic hydroxyl groups is 1. The van der Waals surface area contributed by atoms with Crippen LogP contribution in [0, 0.1) is 18.3 Å². The molecule has 0 saturated carbocycles. The molecule has 14 nitrogen and oxygen atoms in total. The van der Waals surface area contributed by atoms with Crippen molar-refractivity contribution in [1.29, 1.82) is 0 Å². The predicted octanol–water partition coefficient (Wildman–Crippen LogP) is 7.06. The van der Waals surface area contributed by atoms with Crippen molar-refractivity contribution < 1.29 is 38.6 Å². The number of thiazole rings is 1. The van der Waals surface area contributed by atoms with Gasteiger partial charge >= 0.3 is 0 Å². The Morgan fingerprint density at radius 3 is 2.28 bits per heavy atom. The monoisotopic (exact) mass is 989 g/mol. The lowest BCUT2D eigenvalue weighted by molar-refractivity contribution is -0.143. The number of benzene rings is 3. The molecular formula is C56H72N6O8S. The topological polar surface area (TPSA) is 215 Å². The van der Waals surface area contributed by atoms with Gasteiger partial charge in [0.15, 0.2) is 11.6 Å². The number of carbonyl (C=O) groups is 6. The molecule has 3 aliphatic heterocycles. The summed E-state index contributed by atoms with van der Waals surface area (Å²) in [6.45, 7) is 11.9. The van der Waals surface area contributed by atoms with Crippen molar-refractivity contribution in [1.82, 2.24) is 15.2 Å². The van der Waals surface area contributed by atoms with Crippen molar-refractivity contribution in [3.05, 3.63) is 106 Å². The van der Waals surface area contributed by atoms with Crippen LogP contribution in [0.15, 0.2) is 72.2 Å². The highest BCUT2D eigenvalue weighted by Crippen LogP contribution is 2.40. The first kappa shape index (κ1) is 53.2. The zero-order valence-electron chi connectivity index (χ0n) is 42.2. The normalized spacial score (nSPS) is 20.5. The molecule has 0 bridgehead atoms. The van der Waals surface area contributed by atoms with E-state index in [0.29, 0.717) is 38.7 Å². The first-order valence-corrected chi connectivity index (χ1v) is 26.2. The number of anilines is 1. The number of carbonyl (C=O) groups excluding carboxylic acids is 6. The van der Waals surface area contributed by atoms with E-state index < -0.39 is 41.6 Å². The molecule has 4 aromatic rings. The molecule has 1 aromatic heterocycles. The van der Waals surface area contributed by atoms with Gasteiger partial charge in [-0.05, 0) is 103 Å². The molecule has 7 rings (SSSR count). The van der Waals surface area contributed by atoms with Crippen molar-refractivity contribution in [2.24, 2.45) is 22.8 Å². The number of ketones is 2. The Bertz CT molecular complexity index is 2550. The molecule has 8 atom stereocenters. The van der Waals surface area contributed by atoms with Crippen LogP contribution in [0.3, 0.4) is 0 Å². The summed E-state index contributed by atoms with van der Waals surface area (Å²) in [7, 11) is 0. The van der Waals surface area contributed by atoms with Gasteiger partial charge < -0.3 is 31.5 Å². The number of nitrogens with two attached hydrogens (primary N) is 2. The van der Waals surface area contributed by atoms with Crippen molar-refractivity contribution in [3.8, 4) is 10.4 Å². The van der Waals surface area contributed by atoms with E-state index in [2.05, 4.69) is 10.3 Å². The van der Waals surface area contributed by atoms with Gasteiger partial charge in [0.25, 0.3) is 0 Å². The molecule has 0 aliphatic carbocycles. The van der Waals surface area contributed by atoms with Crippen LogP contribution in [0.25, 0.3) is 10.4 Å². The minimum Gasteiger partial charge on any atom is -0.391 e. The third kappa shape index (κ3) is 13.1. The Kier molecular flexibility index (Phi) is 17.5. The summed E-state index contributed by atoms with van der Waals surface area (Å²) >= 11 is 1.59. The lowest BCUT2D eigenvalue weighted by atomic mass is 9.85. The lowest BCUT2D eigenvalue weighted by Gasteiger charge is -2.35. The van der Waals surface area contributed by atoms with Gasteiger partial charge in [-0.1, -0.05) is 94.4 Å². The fourth-order valence-corrected chi connectivity index (χ4v) is 11.2. The third-order valence-electron chi connectivity index (χ3n) is 14.7. The second-order valence-electron chi connectivity index (χ2n) is 21.2. The van der Waals surface area contributed by atoms with E-state index in [9.17, 15) is 33.9 Å². The van der Waals surface area contributed by atoms with Gasteiger partial charge in [0, 0.05) is 45.1 Å². The number of ether oxygens (including phenoxy) is 1. The largest absolute Gasteiger partial charge is 0.391 e. The smallest absolute Gasteiger partial charge is 0.246 e. The van der Waals surface area contributed by atoms with E-state index in [1.807, 2.05) is 114 Å². The molecule has 0 radical (unpaired) electrons. The van der Waals surface area contributed by atoms with Gasteiger partial charge in [-0.3, -0.25) is 33.7 Å². The zero-order valence-corrected chi connectivity index (χ0v) is 43.0.